The summed E-state index contributed by atoms with van der Waals surface area (Å²) in [4.78, 5) is 11.9. The van der Waals surface area contributed by atoms with Gasteiger partial charge in [-0.2, -0.15) is 18.4 Å². The van der Waals surface area contributed by atoms with Crippen LogP contribution in [0.1, 0.15) is 32.7 Å². The molecule has 4 aromatic rings. The number of likely N-dealkylation sites (tertiary alicyclic amines) is 1. The zero-order valence-corrected chi connectivity index (χ0v) is 22.8. The van der Waals surface area contributed by atoms with Gasteiger partial charge in [0.1, 0.15) is 17.0 Å². The zero-order chi connectivity index (χ0) is 27.9. The molecule has 1 aliphatic heterocycles. The number of fused-ring (bicyclic) bond motifs is 2. The minimum Gasteiger partial charge on any atom is -0.365 e. The highest BCUT2D eigenvalue weighted by Crippen LogP contribution is 2.35. The maximum atomic E-state index is 13.0. The molecule has 3 heterocycles. The summed E-state index contributed by atoms with van der Waals surface area (Å²) in [7, 11) is 0. The van der Waals surface area contributed by atoms with Gasteiger partial charge in [0, 0.05) is 42.5 Å². The quantitative estimate of drug-likeness (QED) is 0.272. The number of nitrogens with one attached hydrogen (secondary N) is 1. The van der Waals surface area contributed by atoms with E-state index in [1.807, 2.05) is 24.3 Å². The van der Waals surface area contributed by atoms with E-state index >= 15 is 0 Å². The minimum absolute atomic E-state index is 0.0593. The van der Waals surface area contributed by atoms with Crippen LogP contribution in [-0.4, -0.2) is 40.2 Å². The second kappa shape index (κ2) is 10.7. The highest BCUT2D eigenvalue weighted by atomic mass is 32.1. The van der Waals surface area contributed by atoms with Crippen LogP contribution in [0.3, 0.4) is 0 Å². The first-order valence-electron chi connectivity index (χ1n) is 13.3. The van der Waals surface area contributed by atoms with Crippen molar-refractivity contribution in [3.05, 3.63) is 93.1 Å². The Morgan fingerprint density at radius 1 is 1.12 bits per heavy atom. The smallest absolute Gasteiger partial charge is 0.365 e. The Morgan fingerprint density at radius 2 is 1.95 bits per heavy atom. The van der Waals surface area contributed by atoms with E-state index in [-0.39, 0.29) is 16.8 Å². The van der Waals surface area contributed by atoms with Crippen molar-refractivity contribution in [1.29, 1.82) is 5.26 Å². The summed E-state index contributed by atoms with van der Waals surface area (Å²) < 4.78 is 39.1. The molecule has 2 aliphatic rings. The summed E-state index contributed by atoms with van der Waals surface area (Å²) in [6.45, 7) is 4.56. The zero-order valence-electron chi connectivity index (χ0n) is 22.0. The van der Waals surface area contributed by atoms with Crippen LogP contribution in [0.2, 0.25) is 0 Å². The summed E-state index contributed by atoms with van der Waals surface area (Å²) in [5.41, 5.74) is 6.87. The van der Waals surface area contributed by atoms with Crippen LogP contribution in [0, 0.1) is 24.2 Å². The van der Waals surface area contributed by atoms with E-state index in [0.717, 1.165) is 43.0 Å². The first-order valence-corrected chi connectivity index (χ1v) is 14.1. The predicted octanol–water partition coefficient (Wildman–Crippen LogP) is 6.72. The highest BCUT2D eigenvalue weighted by molar-refractivity contribution is 7.18. The minimum atomic E-state index is -4.27. The number of allylic oxidation sites excluding steroid dienone is 1. The van der Waals surface area contributed by atoms with E-state index < -0.39 is 12.6 Å². The molecule has 0 saturated carbocycles. The third kappa shape index (κ3) is 5.60. The van der Waals surface area contributed by atoms with Gasteiger partial charge in [-0.05, 0) is 59.2 Å². The van der Waals surface area contributed by atoms with Gasteiger partial charge in [0.25, 0.3) is 0 Å². The number of benzene rings is 2. The lowest BCUT2D eigenvalue weighted by Crippen LogP contribution is -2.30. The molecule has 2 atom stereocenters. The normalized spacial score (nSPS) is 19.0. The van der Waals surface area contributed by atoms with Gasteiger partial charge >= 0.3 is 6.18 Å². The Labute approximate surface area is 235 Å². The SMILES string of the molecule is Cc1c(CN2CC(Cc3ccccc3)C(Nc3ncnc4sc(CC(F)(F)F)cc34)C2)ccc2c1C=C(C#N)C2. The lowest BCUT2D eigenvalue weighted by Gasteiger charge is -2.21. The van der Waals surface area contributed by atoms with E-state index in [9.17, 15) is 18.4 Å². The van der Waals surface area contributed by atoms with Gasteiger partial charge in [0.05, 0.1) is 17.9 Å². The average molecular weight is 560 g/mol. The standard InChI is InChI=1S/C31H28F3N5S/c1-19-23(8-7-22-10-21(14-35)11-26(19)22)15-39-16-24(9-20-5-3-2-4-6-20)28(17-39)38-29-27-12-25(13-31(32,33)34)40-30(27)37-18-36-29/h2-8,11-12,18,24,28H,9-10,13,15-17H2,1H3,(H,36,37,38). The van der Waals surface area contributed by atoms with Crippen LogP contribution in [-0.2, 0) is 25.8 Å². The lowest BCUT2D eigenvalue weighted by atomic mass is 9.95. The summed E-state index contributed by atoms with van der Waals surface area (Å²) in [5.74, 6) is 0.864. The van der Waals surface area contributed by atoms with Gasteiger partial charge in [-0.1, -0.05) is 42.5 Å². The van der Waals surface area contributed by atoms with Gasteiger partial charge in [0.2, 0.25) is 0 Å². The number of thiophene rings is 1. The molecule has 6 rings (SSSR count). The molecule has 0 amide bonds. The Bertz CT molecular complexity index is 1620. The van der Waals surface area contributed by atoms with Crippen molar-refractivity contribution < 1.29 is 13.2 Å². The molecule has 2 aromatic carbocycles. The Balaban J connectivity index is 1.26. The molecular weight excluding hydrogens is 531 g/mol. The molecule has 1 aliphatic carbocycles. The second-order valence-electron chi connectivity index (χ2n) is 10.7. The molecule has 2 unspecified atom stereocenters. The molecule has 40 heavy (non-hydrogen) atoms. The lowest BCUT2D eigenvalue weighted by molar-refractivity contribution is -0.126. The van der Waals surface area contributed by atoms with E-state index in [1.165, 1.54) is 34.1 Å². The maximum absolute atomic E-state index is 13.0. The van der Waals surface area contributed by atoms with Crippen LogP contribution in [0.25, 0.3) is 16.3 Å². The van der Waals surface area contributed by atoms with Gasteiger partial charge < -0.3 is 5.32 Å². The molecule has 204 valence electrons. The molecule has 0 spiro atoms. The fraction of sp³-hybridized carbons (Fsp3) is 0.323. The fourth-order valence-electron chi connectivity index (χ4n) is 5.96. The first-order chi connectivity index (χ1) is 19.3. The summed E-state index contributed by atoms with van der Waals surface area (Å²) in [6.07, 6.45) is -0.224. The Morgan fingerprint density at radius 3 is 2.73 bits per heavy atom. The number of alkyl halides is 3. The van der Waals surface area contributed by atoms with Gasteiger partial charge in [0.15, 0.2) is 0 Å². The predicted molar refractivity (Wildman–Crippen MR) is 152 cm³/mol. The summed E-state index contributed by atoms with van der Waals surface area (Å²) in [5, 5.41) is 13.6. The van der Waals surface area contributed by atoms with Crippen molar-refractivity contribution in [3.8, 4) is 6.07 Å². The second-order valence-corrected chi connectivity index (χ2v) is 11.8. The molecular formula is C31H28F3N5S. The van der Waals surface area contributed by atoms with Crippen LogP contribution < -0.4 is 5.32 Å². The molecule has 1 fully saturated rings. The van der Waals surface area contributed by atoms with Gasteiger partial charge in [-0.15, -0.1) is 11.3 Å². The number of aromatic nitrogens is 2. The maximum Gasteiger partial charge on any atom is 0.393 e. The Kier molecular flexibility index (Phi) is 7.07. The van der Waals surface area contributed by atoms with Crippen LogP contribution in [0.4, 0.5) is 19.0 Å². The van der Waals surface area contributed by atoms with Crippen molar-refractivity contribution in [2.45, 2.75) is 44.9 Å². The fourth-order valence-corrected chi connectivity index (χ4v) is 6.98. The summed E-state index contributed by atoms with van der Waals surface area (Å²) in [6, 6.07) is 18.6. The number of hydrogen-bond acceptors (Lipinski definition) is 6. The van der Waals surface area contributed by atoms with Crippen molar-refractivity contribution in [2.75, 3.05) is 18.4 Å². The van der Waals surface area contributed by atoms with Crippen molar-refractivity contribution >= 4 is 33.4 Å². The third-order valence-electron chi connectivity index (χ3n) is 7.89. The van der Waals surface area contributed by atoms with Gasteiger partial charge in [-0.3, -0.25) is 4.90 Å². The van der Waals surface area contributed by atoms with Gasteiger partial charge in [-0.25, -0.2) is 9.97 Å². The van der Waals surface area contributed by atoms with Crippen LogP contribution in [0.5, 0.6) is 0 Å². The van der Waals surface area contributed by atoms with E-state index in [0.29, 0.717) is 22.5 Å². The van der Waals surface area contributed by atoms with Crippen molar-refractivity contribution in [2.24, 2.45) is 5.92 Å². The van der Waals surface area contributed by atoms with Crippen molar-refractivity contribution in [1.82, 2.24) is 14.9 Å². The Hall–Kier alpha value is -3.74. The number of anilines is 1. The van der Waals surface area contributed by atoms with E-state index in [4.69, 9.17) is 0 Å². The van der Waals surface area contributed by atoms with Crippen LogP contribution >= 0.6 is 11.3 Å². The van der Waals surface area contributed by atoms with Crippen molar-refractivity contribution in [3.63, 3.8) is 0 Å². The number of nitriles is 1. The van der Waals surface area contributed by atoms with E-state index in [2.05, 4.69) is 57.4 Å². The molecule has 1 N–H and O–H groups in total. The number of hydrogen-bond donors (Lipinski definition) is 1. The molecule has 5 nitrogen and oxygen atoms in total. The molecule has 0 radical (unpaired) electrons. The molecule has 0 bridgehead atoms. The molecule has 1 saturated heterocycles. The molecule has 2 aromatic heterocycles. The largest absolute Gasteiger partial charge is 0.393 e. The molecule has 9 heteroatoms. The number of nitrogens with zero attached hydrogens (tertiary/aromatic N) is 4. The van der Waals surface area contributed by atoms with E-state index in [1.54, 1.807) is 6.07 Å². The monoisotopic (exact) mass is 559 g/mol. The number of rotatable bonds is 7. The highest BCUT2D eigenvalue weighted by Gasteiger charge is 2.34. The number of halogens is 3. The third-order valence-corrected chi connectivity index (χ3v) is 8.93. The first kappa shape index (κ1) is 26.5. The topological polar surface area (TPSA) is 64.8 Å². The summed E-state index contributed by atoms with van der Waals surface area (Å²) >= 11 is 1.07. The van der Waals surface area contributed by atoms with Crippen LogP contribution in [0.15, 0.2) is 60.4 Å². The average Bonchev–Trinajstić information content (AvgIpc) is 3.62.